The second-order valence-corrected chi connectivity index (χ2v) is 5.43. The van der Waals surface area contributed by atoms with Gasteiger partial charge in [-0.3, -0.25) is 0 Å². The SMILES string of the molecule is CCOC(=O)c1n[nH]nc1-c1ccc(N2CCCC2)cc1C. The Hall–Kier alpha value is -2.37. The van der Waals surface area contributed by atoms with Crippen LogP contribution in [0, 0.1) is 6.92 Å². The molecular weight excluding hydrogens is 280 g/mol. The molecule has 1 aliphatic rings. The van der Waals surface area contributed by atoms with Crippen LogP contribution < -0.4 is 4.90 Å². The van der Waals surface area contributed by atoms with Crippen molar-refractivity contribution in [1.82, 2.24) is 15.4 Å². The zero-order chi connectivity index (χ0) is 15.5. The predicted molar refractivity (Wildman–Crippen MR) is 84.0 cm³/mol. The lowest BCUT2D eigenvalue weighted by atomic mass is 10.0. The Morgan fingerprint density at radius 3 is 2.77 bits per heavy atom. The van der Waals surface area contributed by atoms with Crippen LogP contribution in [0.25, 0.3) is 11.3 Å². The van der Waals surface area contributed by atoms with Gasteiger partial charge in [-0.1, -0.05) is 6.07 Å². The number of aromatic nitrogens is 3. The van der Waals surface area contributed by atoms with Crippen LogP contribution in [0.15, 0.2) is 18.2 Å². The van der Waals surface area contributed by atoms with Crippen LogP contribution in [0.4, 0.5) is 5.69 Å². The van der Waals surface area contributed by atoms with E-state index in [1.54, 1.807) is 6.92 Å². The summed E-state index contributed by atoms with van der Waals surface area (Å²) in [5.74, 6) is -0.450. The minimum atomic E-state index is -0.450. The number of carbonyl (C=O) groups is 1. The molecule has 0 atom stereocenters. The van der Waals surface area contributed by atoms with Gasteiger partial charge in [0.25, 0.3) is 0 Å². The van der Waals surface area contributed by atoms with Gasteiger partial charge in [0, 0.05) is 24.3 Å². The number of benzene rings is 1. The first kappa shape index (κ1) is 14.6. The van der Waals surface area contributed by atoms with Gasteiger partial charge in [-0.05, 0) is 44.4 Å². The Balaban J connectivity index is 1.92. The maximum Gasteiger partial charge on any atom is 0.361 e. The van der Waals surface area contributed by atoms with Crippen LogP contribution in [-0.2, 0) is 4.74 Å². The zero-order valence-electron chi connectivity index (χ0n) is 12.9. The van der Waals surface area contributed by atoms with E-state index in [1.807, 2.05) is 13.0 Å². The van der Waals surface area contributed by atoms with E-state index in [0.29, 0.717) is 12.3 Å². The number of ether oxygens (including phenoxy) is 1. The highest BCUT2D eigenvalue weighted by Gasteiger charge is 2.21. The lowest BCUT2D eigenvalue weighted by Crippen LogP contribution is -2.17. The minimum absolute atomic E-state index is 0.235. The molecular formula is C16H20N4O2. The summed E-state index contributed by atoms with van der Waals surface area (Å²) in [5.41, 5.74) is 3.98. The molecule has 0 saturated carbocycles. The van der Waals surface area contributed by atoms with Crippen molar-refractivity contribution < 1.29 is 9.53 Å². The first-order valence-electron chi connectivity index (χ1n) is 7.64. The van der Waals surface area contributed by atoms with Crippen LogP contribution in [0.2, 0.25) is 0 Å². The lowest BCUT2D eigenvalue weighted by molar-refractivity contribution is 0.0520. The normalized spacial score (nSPS) is 14.4. The standard InChI is InChI=1S/C16H20N4O2/c1-3-22-16(21)15-14(17-19-18-15)13-7-6-12(10-11(13)2)20-8-4-5-9-20/h6-7,10H,3-5,8-9H2,1-2H3,(H,17,18,19). The summed E-state index contributed by atoms with van der Waals surface area (Å²) in [4.78, 5) is 14.3. The molecule has 22 heavy (non-hydrogen) atoms. The molecule has 2 aromatic rings. The highest BCUT2D eigenvalue weighted by atomic mass is 16.5. The number of aryl methyl sites for hydroxylation is 1. The number of esters is 1. The fourth-order valence-corrected chi connectivity index (χ4v) is 2.85. The summed E-state index contributed by atoms with van der Waals surface area (Å²) in [6, 6.07) is 6.23. The number of rotatable bonds is 4. The van der Waals surface area contributed by atoms with E-state index in [2.05, 4.69) is 32.4 Å². The number of carbonyl (C=O) groups excluding carboxylic acids is 1. The molecule has 1 fully saturated rings. The Labute approximate surface area is 129 Å². The number of H-pyrrole nitrogens is 1. The third kappa shape index (κ3) is 2.68. The molecule has 6 nitrogen and oxygen atoms in total. The van der Waals surface area contributed by atoms with Crippen LogP contribution in [0.3, 0.4) is 0 Å². The van der Waals surface area contributed by atoms with Crippen molar-refractivity contribution in [3.8, 4) is 11.3 Å². The fraction of sp³-hybridized carbons (Fsp3) is 0.438. The van der Waals surface area contributed by atoms with Crippen molar-refractivity contribution in [3.63, 3.8) is 0 Å². The lowest BCUT2D eigenvalue weighted by Gasteiger charge is -2.19. The summed E-state index contributed by atoms with van der Waals surface area (Å²) >= 11 is 0. The van der Waals surface area contributed by atoms with Crippen molar-refractivity contribution in [1.29, 1.82) is 0 Å². The van der Waals surface area contributed by atoms with E-state index in [9.17, 15) is 4.79 Å². The average molecular weight is 300 g/mol. The number of nitrogens with zero attached hydrogens (tertiary/aromatic N) is 3. The summed E-state index contributed by atoms with van der Waals surface area (Å²) in [5, 5.41) is 10.6. The second kappa shape index (κ2) is 6.17. The average Bonchev–Trinajstić information content (AvgIpc) is 3.19. The van der Waals surface area contributed by atoms with Gasteiger partial charge >= 0.3 is 5.97 Å². The molecule has 0 aliphatic carbocycles. The van der Waals surface area contributed by atoms with E-state index in [1.165, 1.54) is 18.5 Å². The smallest absolute Gasteiger partial charge is 0.361 e. The van der Waals surface area contributed by atoms with Gasteiger partial charge in [-0.15, -0.1) is 5.10 Å². The zero-order valence-corrected chi connectivity index (χ0v) is 12.9. The molecule has 1 aliphatic heterocycles. The highest BCUT2D eigenvalue weighted by molar-refractivity contribution is 5.94. The number of nitrogens with one attached hydrogen (secondary N) is 1. The Bertz CT molecular complexity index is 675. The molecule has 1 aromatic heterocycles. The van der Waals surface area contributed by atoms with E-state index in [4.69, 9.17) is 4.74 Å². The summed E-state index contributed by atoms with van der Waals surface area (Å²) < 4.78 is 5.02. The van der Waals surface area contributed by atoms with Crippen molar-refractivity contribution >= 4 is 11.7 Å². The monoisotopic (exact) mass is 300 g/mol. The summed E-state index contributed by atoms with van der Waals surface area (Å²) in [6.07, 6.45) is 2.49. The molecule has 2 heterocycles. The van der Waals surface area contributed by atoms with Gasteiger partial charge in [0.2, 0.25) is 0 Å². The second-order valence-electron chi connectivity index (χ2n) is 5.43. The molecule has 0 bridgehead atoms. The largest absolute Gasteiger partial charge is 0.461 e. The van der Waals surface area contributed by atoms with Gasteiger partial charge in [0.05, 0.1) is 6.61 Å². The Kier molecular flexibility index (Phi) is 4.09. The first-order valence-corrected chi connectivity index (χ1v) is 7.64. The van der Waals surface area contributed by atoms with Gasteiger partial charge in [-0.25, -0.2) is 4.79 Å². The number of anilines is 1. The van der Waals surface area contributed by atoms with Crippen molar-refractivity contribution in [2.24, 2.45) is 0 Å². The molecule has 0 radical (unpaired) electrons. The van der Waals surface area contributed by atoms with E-state index in [-0.39, 0.29) is 5.69 Å². The third-order valence-corrected chi connectivity index (χ3v) is 3.95. The molecule has 116 valence electrons. The van der Waals surface area contributed by atoms with E-state index >= 15 is 0 Å². The molecule has 0 spiro atoms. The summed E-state index contributed by atoms with van der Waals surface area (Å²) in [6.45, 7) is 6.33. The highest BCUT2D eigenvalue weighted by Crippen LogP contribution is 2.29. The molecule has 3 rings (SSSR count). The molecule has 1 aromatic carbocycles. The van der Waals surface area contributed by atoms with Gasteiger partial charge in [0.1, 0.15) is 5.69 Å². The van der Waals surface area contributed by atoms with Crippen molar-refractivity contribution in [2.45, 2.75) is 26.7 Å². The summed E-state index contributed by atoms with van der Waals surface area (Å²) in [7, 11) is 0. The maximum absolute atomic E-state index is 11.9. The first-order chi connectivity index (χ1) is 10.7. The van der Waals surface area contributed by atoms with Crippen LogP contribution in [0.5, 0.6) is 0 Å². The van der Waals surface area contributed by atoms with Crippen LogP contribution >= 0.6 is 0 Å². The van der Waals surface area contributed by atoms with Gasteiger partial charge < -0.3 is 9.64 Å². The van der Waals surface area contributed by atoms with Crippen molar-refractivity contribution in [3.05, 3.63) is 29.5 Å². The van der Waals surface area contributed by atoms with E-state index in [0.717, 1.165) is 24.2 Å². The van der Waals surface area contributed by atoms with Gasteiger partial charge in [-0.2, -0.15) is 10.3 Å². The number of hydrogen-bond acceptors (Lipinski definition) is 5. The predicted octanol–water partition coefficient (Wildman–Crippen LogP) is 2.56. The fourth-order valence-electron chi connectivity index (χ4n) is 2.85. The van der Waals surface area contributed by atoms with Crippen molar-refractivity contribution in [2.75, 3.05) is 24.6 Å². The van der Waals surface area contributed by atoms with Gasteiger partial charge in [0.15, 0.2) is 5.69 Å². The Morgan fingerprint density at radius 2 is 2.09 bits per heavy atom. The number of aromatic amines is 1. The number of hydrogen-bond donors (Lipinski definition) is 1. The molecule has 6 heteroatoms. The van der Waals surface area contributed by atoms with E-state index < -0.39 is 5.97 Å². The third-order valence-electron chi connectivity index (χ3n) is 3.95. The topological polar surface area (TPSA) is 71.1 Å². The van der Waals surface area contributed by atoms with Crippen LogP contribution in [-0.4, -0.2) is 41.1 Å². The molecule has 0 unspecified atom stereocenters. The van der Waals surface area contributed by atoms with Crippen LogP contribution in [0.1, 0.15) is 35.8 Å². The Morgan fingerprint density at radius 1 is 1.32 bits per heavy atom. The minimum Gasteiger partial charge on any atom is -0.461 e. The molecule has 1 N–H and O–H groups in total. The quantitative estimate of drug-likeness (QED) is 0.879. The molecule has 0 amide bonds. The maximum atomic E-state index is 11.9. The molecule has 1 saturated heterocycles.